The number of rotatable bonds is 5. The predicted octanol–water partition coefficient (Wildman–Crippen LogP) is 4.52. The van der Waals surface area contributed by atoms with Crippen molar-refractivity contribution < 1.29 is 4.74 Å². The van der Waals surface area contributed by atoms with Gasteiger partial charge in [-0.2, -0.15) is 5.10 Å². The highest BCUT2D eigenvalue weighted by Gasteiger charge is 2.25. The Balaban J connectivity index is 1.48. The smallest absolute Gasteiger partial charge is 0.164 e. The van der Waals surface area contributed by atoms with Crippen LogP contribution in [-0.2, 0) is 0 Å². The molecule has 0 spiro atoms. The summed E-state index contributed by atoms with van der Waals surface area (Å²) in [5.74, 6) is 2.04. The highest BCUT2D eigenvalue weighted by Crippen LogP contribution is 2.35. The van der Waals surface area contributed by atoms with Crippen LogP contribution in [0.2, 0.25) is 0 Å². The molecule has 2 aromatic carbocycles. The van der Waals surface area contributed by atoms with Gasteiger partial charge in [0.2, 0.25) is 0 Å². The molecule has 1 saturated heterocycles. The highest BCUT2D eigenvalue weighted by molar-refractivity contribution is 5.98. The first kappa shape index (κ1) is 19.5. The van der Waals surface area contributed by atoms with Crippen molar-refractivity contribution in [1.29, 1.82) is 0 Å². The average molecular weight is 415 g/mol. The molecule has 2 N–H and O–H groups in total. The van der Waals surface area contributed by atoms with Crippen LogP contribution in [0.15, 0.2) is 60.9 Å². The summed E-state index contributed by atoms with van der Waals surface area (Å²) >= 11 is 0. The molecule has 0 atom stereocenters. The number of fused-ring (bicyclic) bond motifs is 1. The predicted molar refractivity (Wildman–Crippen MR) is 122 cm³/mol. The first-order valence-electron chi connectivity index (χ1n) is 10.8. The Morgan fingerprint density at radius 2 is 1.68 bits per heavy atom. The van der Waals surface area contributed by atoms with Crippen LogP contribution in [-0.4, -0.2) is 44.3 Å². The maximum atomic E-state index is 6.28. The summed E-state index contributed by atoms with van der Waals surface area (Å²) in [7, 11) is 0. The number of aromatic nitrogens is 4. The number of nitrogen functional groups attached to an aromatic ring is 1. The van der Waals surface area contributed by atoms with E-state index in [1.807, 2.05) is 54.6 Å². The third-order valence-corrected chi connectivity index (χ3v) is 5.97. The lowest BCUT2D eigenvalue weighted by molar-refractivity contribution is 0.190. The molecule has 2 aromatic heterocycles. The van der Waals surface area contributed by atoms with Gasteiger partial charge in [-0.05, 0) is 55.8 Å². The molecule has 3 heterocycles. The Labute approximate surface area is 181 Å². The summed E-state index contributed by atoms with van der Waals surface area (Å²) < 4.78 is 7.98. The van der Waals surface area contributed by atoms with E-state index in [0.717, 1.165) is 66.3 Å². The van der Waals surface area contributed by atoms with E-state index in [0.29, 0.717) is 11.9 Å². The van der Waals surface area contributed by atoms with E-state index in [9.17, 15) is 0 Å². The zero-order chi connectivity index (χ0) is 21.2. The maximum absolute atomic E-state index is 6.28. The van der Waals surface area contributed by atoms with Gasteiger partial charge in [0, 0.05) is 18.7 Å². The molecule has 1 aliphatic heterocycles. The molecule has 5 rings (SSSR count). The number of ether oxygens (including phenoxy) is 1. The lowest BCUT2D eigenvalue weighted by Gasteiger charge is -2.31. The molecular formula is C24H26N6O. The van der Waals surface area contributed by atoms with Crippen LogP contribution >= 0.6 is 0 Å². The van der Waals surface area contributed by atoms with E-state index in [-0.39, 0.29) is 0 Å². The van der Waals surface area contributed by atoms with E-state index in [4.69, 9.17) is 15.6 Å². The normalized spacial score (nSPS) is 15.4. The topological polar surface area (TPSA) is 82.1 Å². The van der Waals surface area contributed by atoms with E-state index < -0.39 is 0 Å². The third-order valence-electron chi connectivity index (χ3n) is 5.97. The van der Waals surface area contributed by atoms with Gasteiger partial charge in [-0.25, -0.2) is 14.6 Å². The molecule has 7 heteroatoms. The molecule has 1 fully saturated rings. The van der Waals surface area contributed by atoms with Gasteiger partial charge in [0.15, 0.2) is 5.65 Å². The van der Waals surface area contributed by atoms with E-state index in [2.05, 4.69) is 26.5 Å². The Hall–Kier alpha value is -3.45. The van der Waals surface area contributed by atoms with Crippen molar-refractivity contribution in [3.8, 4) is 22.8 Å². The first-order valence-corrected chi connectivity index (χ1v) is 10.8. The van der Waals surface area contributed by atoms with Crippen molar-refractivity contribution in [3.05, 3.63) is 60.9 Å². The molecule has 0 bridgehead atoms. The van der Waals surface area contributed by atoms with Crippen LogP contribution in [0.1, 0.15) is 25.8 Å². The summed E-state index contributed by atoms with van der Waals surface area (Å²) in [4.78, 5) is 11.2. The molecule has 7 nitrogen and oxygen atoms in total. The van der Waals surface area contributed by atoms with Gasteiger partial charge in [-0.3, -0.25) is 0 Å². The van der Waals surface area contributed by atoms with Gasteiger partial charge in [-0.1, -0.05) is 25.1 Å². The second-order valence-electron chi connectivity index (χ2n) is 7.86. The lowest BCUT2D eigenvalue weighted by atomic mass is 10.1. The molecule has 1 aliphatic rings. The number of anilines is 1. The fourth-order valence-corrected chi connectivity index (χ4v) is 4.24. The summed E-state index contributed by atoms with van der Waals surface area (Å²) in [5.41, 5.74) is 8.87. The van der Waals surface area contributed by atoms with E-state index in [1.54, 1.807) is 0 Å². The van der Waals surface area contributed by atoms with Crippen LogP contribution < -0.4 is 10.5 Å². The van der Waals surface area contributed by atoms with Crippen molar-refractivity contribution in [3.63, 3.8) is 0 Å². The Morgan fingerprint density at radius 3 is 2.39 bits per heavy atom. The highest BCUT2D eigenvalue weighted by atomic mass is 16.5. The second-order valence-corrected chi connectivity index (χ2v) is 7.86. The number of para-hydroxylation sites is 1. The SMILES string of the molecule is CCN1CCC(n2nc(-c3ccc(Oc4ccccc4)cc3)c3c(N)ncnc32)CC1. The van der Waals surface area contributed by atoms with E-state index in [1.165, 1.54) is 6.33 Å². The van der Waals surface area contributed by atoms with Gasteiger partial charge in [0.1, 0.15) is 29.3 Å². The number of hydrogen-bond donors (Lipinski definition) is 1. The van der Waals surface area contributed by atoms with Gasteiger partial charge >= 0.3 is 0 Å². The minimum atomic E-state index is 0.314. The lowest BCUT2D eigenvalue weighted by Crippen LogP contribution is -2.34. The molecule has 0 saturated carbocycles. The van der Waals surface area contributed by atoms with Crippen molar-refractivity contribution in [2.24, 2.45) is 0 Å². The average Bonchev–Trinajstić information content (AvgIpc) is 3.21. The summed E-state index contributed by atoms with van der Waals surface area (Å²) in [6.45, 7) is 5.44. The van der Waals surface area contributed by atoms with Gasteiger partial charge in [0.05, 0.1) is 11.4 Å². The van der Waals surface area contributed by atoms with Crippen molar-refractivity contribution >= 4 is 16.9 Å². The van der Waals surface area contributed by atoms with Gasteiger partial charge < -0.3 is 15.4 Å². The quantitative estimate of drug-likeness (QED) is 0.517. The fraction of sp³-hybridized carbons (Fsp3) is 0.292. The maximum Gasteiger partial charge on any atom is 0.164 e. The molecule has 0 amide bonds. The van der Waals surface area contributed by atoms with Crippen molar-refractivity contribution in [2.45, 2.75) is 25.8 Å². The number of hydrogen-bond acceptors (Lipinski definition) is 6. The van der Waals surface area contributed by atoms with Crippen molar-refractivity contribution in [1.82, 2.24) is 24.6 Å². The van der Waals surface area contributed by atoms with Crippen LogP contribution in [0.3, 0.4) is 0 Å². The molecule has 0 unspecified atom stereocenters. The van der Waals surface area contributed by atoms with Crippen LogP contribution in [0, 0.1) is 0 Å². The standard InChI is InChI=1S/C24H26N6O/c1-2-29-14-12-18(13-15-29)30-24-21(23(25)26-16-27-24)22(28-30)17-8-10-20(11-9-17)31-19-6-4-3-5-7-19/h3-11,16,18H,2,12-15H2,1H3,(H2,25,26,27). The zero-order valence-corrected chi connectivity index (χ0v) is 17.6. The zero-order valence-electron chi connectivity index (χ0n) is 17.6. The minimum Gasteiger partial charge on any atom is -0.457 e. The number of likely N-dealkylation sites (tertiary alicyclic amines) is 1. The molecule has 31 heavy (non-hydrogen) atoms. The number of nitrogens with two attached hydrogens (primary N) is 1. The number of nitrogens with zero attached hydrogens (tertiary/aromatic N) is 5. The monoisotopic (exact) mass is 414 g/mol. The van der Waals surface area contributed by atoms with Crippen molar-refractivity contribution in [2.75, 3.05) is 25.4 Å². The molecule has 4 aromatic rings. The first-order chi connectivity index (χ1) is 15.2. The Kier molecular flexibility index (Phi) is 5.26. The fourth-order valence-electron chi connectivity index (χ4n) is 4.24. The van der Waals surface area contributed by atoms with E-state index >= 15 is 0 Å². The second kappa shape index (κ2) is 8.35. The molecular weight excluding hydrogens is 388 g/mol. The molecule has 158 valence electrons. The summed E-state index contributed by atoms with van der Waals surface area (Å²) in [6.07, 6.45) is 3.63. The molecule has 0 radical (unpaired) electrons. The summed E-state index contributed by atoms with van der Waals surface area (Å²) in [6, 6.07) is 18.0. The Morgan fingerprint density at radius 1 is 0.968 bits per heavy atom. The van der Waals surface area contributed by atoms with Crippen LogP contribution in [0.25, 0.3) is 22.3 Å². The largest absolute Gasteiger partial charge is 0.457 e. The summed E-state index contributed by atoms with van der Waals surface area (Å²) in [5, 5.41) is 5.80. The molecule has 0 aliphatic carbocycles. The Bertz CT molecular complexity index is 1160. The van der Waals surface area contributed by atoms with Crippen LogP contribution in [0.4, 0.5) is 5.82 Å². The number of benzene rings is 2. The minimum absolute atomic E-state index is 0.314. The third kappa shape index (κ3) is 3.84. The number of piperidine rings is 1. The van der Waals surface area contributed by atoms with Crippen LogP contribution in [0.5, 0.6) is 11.5 Å². The van der Waals surface area contributed by atoms with Gasteiger partial charge in [0.25, 0.3) is 0 Å². The van der Waals surface area contributed by atoms with Gasteiger partial charge in [-0.15, -0.1) is 0 Å².